The van der Waals surface area contributed by atoms with Crippen LogP contribution >= 0.6 is 0 Å². The molecule has 2 rings (SSSR count). The molecule has 1 aromatic carbocycles. The van der Waals surface area contributed by atoms with Crippen molar-refractivity contribution in [2.24, 2.45) is 0 Å². The second-order valence-corrected chi connectivity index (χ2v) is 3.39. The highest BCUT2D eigenvalue weighted by molar-refractivity contribution is 5.54. The highest BCUT2D eigenvalue weighted by Gasteiger charge is 2.01. The van der Waals surface area contributed by atoms with E-state index in [1.165, 1.54) is 12.1 Å². The summed E-state index contributed by atoms with van der Waals surface area (Å²) in [6.45, 7) is 1.81. The predicted molar refractivity (Wildman–Crippen MR) is 60.9 cm³/mol. The van der Waals surface area contributed by atoms with Crippen LogP contribution in [0.5, 0.6) is 0 Å². The van der Waals surface area contributed by atoms with Crippen molar-refractivity contribution in [3.63, 3.8) is 0 Å². The Balaban J connectivity index is 2.27. The van der Waals surface area contributed by atoms with Crippen LogP contribution in [0.15, 0.2) is 30.3 Å². The molecule has 82 valence electrons. The number of halogens is 1. The Kier molecular flexibility index (Phi) is 2.68. The normalized spacial score (nSPS) is 10.1. The van der Waals surface area contributed by atoms with Crippen LogP contribution in [0.1, 0.15) is 5.69 Å². The fraction of sp³-hybridized carbons (Fsp3) is 0.0909. The van der Waals surface area contributed by atoms with Crippen LogP contribution in [0.4, 0.5) is 21.8 Å². The van der Waals surface area contributed by atoms with Crippen molar-refractivity contribution < 1.29 is 4.39 Å². The van der Waals surface area contributed by atoms with Crippen LogP contribution in [-0.2, 0) is 0 Å². The Hall–Kier alpha value is -2.17. The zero-order valence-electron chi connectivity index (χ0n) is 8.74. The highest BCUT2D eigenvalue weighted by Crippen LogP contribution is 2.15. The quantitative estimate of drug-likeness (QED) is 0.811. The van der Waals surface area contributed by atoms with Gasteiger partial charge < -0.3 is 11.1 Å². The third-order valence-corrected chi connectivity index (χ3v) is 1.95. The summed E-state index contributed by atoms with van der Waals surface area (Å²) >= 11 is 0. The maximum absolute atomic E-state index is 12.9. The molecule has 5 heteroatoms. The molecule has 4 nitrogen and oxygen atoms in total. The molecule has 0 fully saturated rings. The number of nitrogens with two attached hydrogens (primary N) is 1. The van der Waals surface area contributed by atoms with Gasteiger partial charge in [0.05, 0.1) is 0 Å². The zero-order valence-corrected chi connectivity index (χ0v) is 8.74. The molecular weight excluding hydrogens is 207 g/mol. The first-order valence-electron chi connectivity index (χ1n) is 4.77. The lowest BCUT2D eigenvalue weighted by Gasteiger charge is -2.06. The Bertz CT molecular complexity index is 493. The molecular formula is C11H11FN4. The fourth-order valence-corrected chi connectivity index (χ4v) is 1.34. The molecule has 0 saturated heterocycles. The maximum atomic E-state index is 12.9. The number of nitrogens with zero attached hydrogens (tertiary/aromatic N) is 2. The first kappa shape index (κ1) is 10.4. The average molecular weight is 218 g/mol. The van der Waals surface area contributed by atoms with Crippen molar-refractivity contribution in [1.82, 2.24) is 9.97 Å². The van der Waals surface area contributed by atoms with Crippen LogP contribution in [0.25, 0.3) is 0 Å². The van der Waals surface area contributed by atoms with Crippen LogP contribution in [0, 0.1) is 12.7 Å². The smallest absolute Gasteiger partial charge is 0.229 e. The van der Waals surface area contributed by atoms with Gasteiger partial charge in [0, 0.05) is 17.4 Å². The second kappa shape index (κ2) is 4.14. The molecule has 0 unspecified atom stereocenters. The molecule has 3 N–H and O–H groups in total. The van der Waals surface area contributed by atoms with Gasteiger partial charge in [-0.3, -0.25) is 0 Å². The van der Waals surface area contributed by atoms with E-state index in [-0.39, 0.29) is 5.82 Å². The summed E-state index contributed by atoms with van der Waals surface area (Å²) in [5.41, 5.74) is 6.92. The molecule has 1 aromatic heterocycles. The van der Waals surface area contributed by atoms with E-state index in [4.69, 9.17) is 5.73 Å². The van der Waals surface area contributed by atoms with E-state index >= 15 is 0 Å². The van der Waals surface area contributed by atoms with Crippen LogP contribution in [0.2, 0.25) is 0 Å². The van der Waals surface area contributed by atoms with E-state index in [9.17, 15) is 4.39 Å². The summed E-state index contributed by atoms with van der Waals surface area (Å²) in [6.07, 6.45) is 0. The third-order valence-electron chi connectivity index (χ3n) is 1.95. The molecule has 0 bridgehead atoms. The van der Waals surface area contributed by atoms with Crippen molar-refractivity contribution in [2.75, 3.05) is 11.1 Å². The lowest BCUT2D eigenvalue weighted by molar-refractivity contribution is 0.628. The molecule has 0 spiro atoms. The topological polar surface area (TPSA) is 63.8 Å². The Morgan fingerprint density at radius 2 is 2.06 bits per heavy atom. The number of nitrogens with one attached hydrogen (secondary N) is 1. The monoisotopic (exact) mass is 218 g/mol. The highest BCUT2D eigenvalue weighted by atomic mass is 19.1. The van der Waals surface area contributed by atoms with Crippen molar-refractivity contribution in [1.29, 1.82) is 0 Å². The van der Waals surface area contributed by atoms with Crippen molar-refractivity contribution in [3.8, 4) is 0 Å². The molecule has 0 atom stereocenters. The molecule has 0 aliphatic rings. The molecule has 1 heterocycles. The van der Waals surface area contributed by atoms with E-state index in [0.717, 1.165) is 5.69 Å². The summed E-state index contributed by atoms with van der Waals surface area (Å²) in [6, 6.07) is 7.73. The van der Waals surface area contributed by atoms with Gasteiger partial charge in [-0.05, 0) is 25.1 Å². The number of nitrogen functional groups attached to an aromatic ring is 1. The van der Waals surface area contributed by atoms with Crippen molar-refractivity contribution in [3.05, 3.63) is 41.8 Å². The number of aryl methyl sites for hydroxylation is 1. The summed E-state index contributed by atoms with van der Waals surface area (Å²) < 4.78 is 12.9. The molecule has 0 aliphatic carbocycles. The zero-order chi connectivity index (χ0) is 11.5. The number of hydrogen-bond donors (Lipinski definition) is 2. The summed E-state index contributed by atoms with van der Waals surface area (Å²) in [7, 11) is 0. The summed E-state index contributed by atoms with van der Waals surface area (Å²) in [4.78, 5) is 8.13. The molecule has 0 amide bonds. The van der Waals surface area contributed by atoms with E-state index < -0.39 is 0 Å². The number of rotatable bonds is 2. The fourth-order valence-electron chi connectivity index (χ4n) is 1.34. The number of aromatic nitrogens is 2. The van der Waals surface area contributed by atoms with E-state index in [2.05, 4.69) is 15.3 Å². The van der Waals surface area contributed by atoms with E-state index in [0.29, 0.717) is 17.5 Å². The molecule has 0 aliphatic heterocycles. The number of benzene rings is 1. The molecule has 0 saturated carbocycles. The first-order valence-corrected chi connectivity index (χ1v) is 4.77. The lowest BCUT2D eigenvalue weighted by atomic mass is 10.3. The molecule has 0 radical (unpaired) electrons. The Labute approximate surface area is 92.3 Å². The predicted octanol–water partition coefficient (Wildman–Crippen LogP) is 2.25. The molecule has 16 heavy (non-hydrogen) atoms. The standard InChI is InChI=1S/C11H11FN4/c1-7-5-10(13)16-11(14-7)15-9-4-2-3-8(12)6-9/h2-6H,1H3,(H3,13,14,15,16). The maximum Gasteiger partial charge on any atom is 0.229 e. The summed E-state index contributed by atoms with van der Waals surface area (Å²) in [5, 5.41) is 2.88. The van der Waals surface area contributed by atoms with Gasteiger partial charge in [0.1, 0.15) is 11.6 Å². The van der Waals surface area contributed by atoms with Crippen molar-refractivity contribution in [2.45, 2.75) is 6.92 Å². The first-order chi connectivity index (χ1) is 7.63. The van der Waals surface area contributed by atoms with Gasteiger partial charge in [0.2, 0.25) is 5.95 Å². The largest absolute Gasteiger partial charge is 0.384 e. The third kappa shape index (κ3) is 2.44. The minimum Gasteiger partial charge on any atom is -0.384 e. The lowest BCUT2D eigenvalue weighted by Crippen LogP contribution is -2.01. The number of hydrogen-bond acceptors (Lipinski definition) is 4. The van der Waals surface area contributed by atoms with Crippen LogP contribution in [-0.4, -0.2) is 9.97 Å². The van der Waals surface area contributed by atoms with Gasteiger partial charge in [-0.1, -0.05) is 6.07 Å². The van der Waals surface area contributed by atoms with Gasteiger partial charge in [0.15, 0.2) is 0 Å². The van der Waals surface area contributed by atoms with Gasteiger partial charge in [-0.25, -0.2) is 9.37 Å². The SMILES string of the molecule is Cc1cc(N)nc(Nc2cccc(F)c2)n1. The van der Waals surface area contributed by atoms with Gasteiger partial charge >= 0.3 is 0 Å². The Morgan fingerprint density at radius 1 is 1.25 bits per heavy atom. The minimum absolute atomic E-state index is 0.314. The summed E-state index contributed by atoms with van der Waals surface area (Å²) in [5.74, 6) is 0.431. The van der Waals surface area contributed by atoms with Gasteiger partial charge in [0.25, 0.3) is 0 Å². The van der Waals surface area contributed by atoms with E-state index in [1.807, 2.05) is 6.92 Å². The second-order valence-electron chi connectivity index (χ2n) is 3.39. The number of anilines is 3. The van der Waals surface area contributed by atoms with Crippen molar-refractivity contribution >= 4 is 17.5 Å². The van der Waals surface area contributed by atoms with Gasteiger partial charge in [-0.2, -0.15) is 4.98 Å². The van der Waals surface area contributed by atoms with Crippen LogP contribution in [0.3, 0.4) is 0 Å². The Morgan fingerprint density at radius 3 is 2.75 bits per heavy atom. The van der Waals surface area contributed by atoms with Gasteiger partial charge in [-0.15, -0.1) is 0 Å². The molecule has 2 aromatic rings. The van der Waals surface area contributed by atoms with Crippen LogP contribution < -0.4 is 11.1 Å². The minimum atomic E-state index is -0.314. The van der Waals surface area contributed by atoms with E-state index in [1.54, 1.807) is 18.2 Å². The average Bonchev–Trinajstić information content (AvgIpc) is 2.15.